The molecule has 1 unspecified atom stereocenters. The molecule has 3 aromatic carbocycles. The summed E-state index contributed by atoms with van der Waals surface area (Å²) in [5.74, 6) is -0.489. The van der Waals surface area contributed by atoms with Crippen LogP contribution in [0.2, 0.25) is 0 Å². The molecular weight excluding hydrogens is 541 g/mol. The number of hydrogen-bond donors (Lipinski definition) is 2. The van der Waals surface area contributed by atoms with E-state index in [9.17, 15) is 31.5 Å². The number of aliphatic hydroxyl groups is 1. The monoisotopic (exact) mass is 572 g/mol. The molecule has 0 bridgehead atoms. The Bertz CT molecular complexity index is 1630. The van der Waals surface area contributed by atoms with Crippen LogP contribution in [-0.2, 0) is 22.4 Å². The number of amides is 1. The average molecular weight is 573 g/mol. The minimum Gasteiger partial charge on any atom is -0.394 e. The zero-order valence-corrected chi connectivity index (χ0v) is 23.2. The third kappa shape index (κ3) is 6.08. The lowest BCUT2D eigenvalue weighted by atomic mass is 10.0. The van der Waals surface area contributed by atoms with E-state index in [1.54, 1.807) is 49.4 Å². The zero-order valence-electron chi connectivity index (χ0n) is 22.4. The van der Waals surface area contributed by atoms with Crippen molar-refractivity contribution in [1.29, 1.82) is 0 Å². The van der Waals surface area contributed by atoms with E-state index in [4.69, 9.17) is 0 Å². The van der Waals surface area contributed by atoms with Crippen molar-refractivity contribution in [3.05, 3.63) is 101 Å². The molecule has 1 aromatic heterocycles. The van der Waals surface area contributed by atoms with Crippen LogP contribution in [0.25, 0.3) is 10.9 Å². The molecule has 6 nitrogen and oxygen atoms in total. The molecule has 0 saturated carbocycles. The third-order valence-electron chi connectivity index (χ3n) is 6.90. The maximum absolute atomic E-state index is 13.6. The fourth-order valence-electron chi connectivity index (χ4n) is 4.88. The minimum absolute atomic E-state index is 0.0376. The van der Waals surface area contributed by atoms with E-state index in [-0.39, 0.29) is 28.7 Å². The van der Waals surface area contributed by atoms with Gasteiger partial charge in [0.05, 0.1) is 28.9 Å². The van der Waals surface area contributed by atoms with Gasteiger partial charge in [0.2, 0.25) is 0 Å². The van der Waals surface area contributed by atoms with Crippen LogP contribution in [0.15, 0.2) is 77.7 Å². The highest BCUT2D eigenvalue weighted by Crippen LogP contribution is 2.34. The largest absolute Gasteiger partial charge is 0.416 e. The van der Waals surface area contributed by atoms with Crippen molar-refractivity contribution < 1.29 is 31.5 Å². The van der Waals surface area contributed by atoms with Gasteiger partial charge in [-0.3, -0.25) is 4.79 Å². The van der Waals surface area contributed by atoms with Crippen LogP contribution in [0.1, 0.15) is 65.6 Å². The van der Waals surface area contributed by atoms with Crippen molar-refractivity contribution in [3.63, 3.8) is 0 Å². The molecule has 4 rings (SSSR count). The van der Waals surface area contributed by atoms with Crippen LogP contribution in [0.3, 0.4) is 0 Å². The number of hydrogen-bond acceptors (Lipinski definition) is 4. The molecule has 10 heteroatoms. The Hall–Kier alpha value is -3.63. The minimum atomic E-state index is -4.47. The Morgan fingerprint density at radius 3 is 2.27 bits per heavy atom. The number of alkyl halides is 3. The lowest BCUT2D eigenvalue weighted by Gasteiger charge is -2.18. The normalized spacial score (nSPS) is 13.1. The van der Waals surface area contributed by atoms with E-state index in [0.29, 0.717) is 22.2 Å². The smallest absolute Gasteiger partial charge is 0.394 e. The Morgan fingerprint density at radius 2 is 1.68 bits per heavy atom. The van der Waals surface area contributed by atoms with Crippen molar-refractivity contribution >= 4 is 26.6 Å². The molecule has 0 aliphatic carbocycles. The molecule has 1 heterocycles. The number of carbonyl (C=O) groups excluding carboxylic acids is 1. The topological polar surface area (TPSA) is 88.4 Å². The van der Waals surface area contributed by atoms with E-state index in [0.717, 1.165) is 11.6 Å². The highest BCUT2D eigenvalue weighted by Gasteiger charge is 2.33. The van der Waals surface area contributed by atoms with Gasteiger partial charge >= 0.3 is 6.18 Å². The second-order valence-electron chi connectivity index (χ2n) is 9.89. The first-order valence-corrected chi connectivity index (χ1v) is 14.5. The van der Waals surface area contributed by atoms with Crippen molar-refractivity contribution in [2.75, 3.05) is 12.4 Å². The van der Waals surface area contributed by atoms with Crippen molar-refractivity contribution in [2.45, 2.75) is 50.3 Å². The summed E-state index contributed by atoms with van der Waals surface area (Å²) in [6.07, 6.45) is -4.40. The molecule has 0 aliphatic rings. The first kappa shape index (κ1) is 29.4. The molecule has 1 atom stereocenters. The highest BCUT2D eigenvalue weighted by atomic mass is 32.2. The first-order valence-electron chi connectivity index (χ1n) is 12.9. The summed E-state index contributed by atoms with van der Waals surface area (Å²) >= 11 is 0. The zero-order chi connectivity index (χ0) is 29.2. The quantitative estimate of drug-likeness (QED) is 0.254. The Morgan fingerprint density at radius 1 is 1.00 bits per heavy atom. The van der Waals surface area contributed by atoms with Gasteiger partial charge < -0.3 is 15.0 Å². The highest BCUT2D eigenvalue weighted by molar-refractivity contribution is 7.91. The van der Waals surface area contributed by atoms with Crippen molar-refractivity contribution in [2.24, 2.45) is 0 Å². The van der Waals surface area contributed by atoms with Crippen molar-refractivity contribution in [1.82, 2.24) is 9.88 Å². The van der Waals surface area contributed by atoms with E-state index >= 15 is 0 Å². The lowest BCUT2D eigenvalue weighted by molar-refractivity contribution is -0.138. The van der Waals surface area contributed by atoms with E-state index < -0.39 is 40.1 Å². The van der Waals surface area contributed by atoms with Crippen molar-refractivity contribution in [3.8, 4) is 0 Å². The molecule has 0 saturated heterocycles. The summed E-state index contributed by atoms with van der Waals surface area (Å²) in [7, 11) is -3.38. The SMILES string of the molecule is CCS(=O)(=O)c1ccc(C(CO)NC(=O)c2ccc3c(c2)cc(Cc2ccccc2C(F)(F)F)n3C(C)C)cc1. The second-order valence-corrected chi connectivity index (χ2v) is 12.2. The number of halogens is 3. The van der Waals surface area contributed by atoms with Crippen LogP contribution >= 0.6 is 0 Å². The molecule has 212 valence electrons. The molecule has 0 radical (unpaired) electrons. The maximum atomic E-state index is 13.6. The fourth-order valence-corrected chi connectivity index (χ4v) is 5.76. The van der Waals surface area contributed by atoms with Gasteiger partial charge in [0.25, 0.3) is 5.91 Å². The summed E-state index contributed by atoms with van der Waals surface area (Å²) in [6.45, 7) is 5.04. The Balaban J connectivity index is 1.62. The van der Waals surface area contributed by atoms with E-state index in [1.807, 2.05) is 18.4 Å². The van der Waals surface area contributed by atoms with E-state index in [2.05, 4.69) is 5.32 Å². The fraction of sp³-hybridized carbons (Fsp3) is 0.300. The third-order valence-corrected chi connectivity index (χ3v) is 8.65. The maximum Gasteiger partial charge on any atom is 0.416 e. The Labute approximate surface area is 231 Å². The van der Waals surface area contributed by atoms with Gasteiger partial charge in [0.15, 0.2) is 9.84 Å². The molecule has 0 aliphatic heterocycles. The van der Waals surface area contributed by atoms with Gasteiger partial charge in [-0.15, -0.1) is 0 Å². The molecular formula is C30H31F3N2O4S. The van der Waals surface area contributed by atoms with Gasteiger partial charge in [0.1, 0.15) is 0 Å². The van der Waals surface area contributed by atoms with Gasteiger partial charge in [-0.2, -0.15) is 13.2 Å². The van der Waals surface area contributed by atoms with Crippen LogP contribution < -0.4 is 5.32 Å². The predicted molar refractivity (Wildman–Crippen MR) is 148 cm³/mol. The molecule has 0 spiro atoms. The number of rotatable bonds is 9. The van der Waals surface area contributed by atoms with Crippen LogP contribution in [0.4, 0.5) is 13.2 Å². The number of benzene rings is 3. The molecule has 40 heavy (non-hydrogen) atoms. The molecule has 1 amide bonds. The van der Waals surface area contributed by atoms with Gasteiger partial charge in [0, 0.05) is 34.6 Å². The first-order chi connectivity index (χ1) is 18.9. The summed E-state index contributed by atoms with van der Waals surface area (Å²) in [4.78, 5) is 13.3. The number of aromatic nitrogens is 1. The number of nitrogens with zero attached hydrogens (tertiary/aromatic N) is 1. The van der Waals surface area contributed by atoms with Crippen LogP contribution in [0, 0.1) is 0 Å². The second kappa shape index (κ2) is 11.5. The summed E-state index contributed by atoms with van der Waals surface area (Å²) < 4.78 is 66.9. The van der Waals surface area contributed by atoms with Gasteiger partial charge in [-0.1, -0.05) is 37.3 Å². The van der Waals surface area contributed by atoms with Gasteiger partial charge in [-0.05, 0) is 67.4 Å². The van der Waals surface area contributed by atoms with E-state index in [1.165, 1.54) is 24.3 Å². The lowest BCUT2D eigenvalue weighted by Crippen LogP contribution is -2.30. The number of nitrogens with one attached hydrogen (secondary N) is 1. The number of fused-ring (bicyclic) bond motifs is 1. The van der Waals surface area contributed by atoms with Gasteiger partial charge in [-0.25, -0.2) is 8.42 Å². The molecule has 0 fully saturated rings. The standard InChI is InChI=1S/C30H31F3N2O4S/c1-4-40(38,39)25-12-9-20(10-13-25)27(18-36)34-29(37)22-11-14-28-23(15-22)17-24(35(28)19(2)3)16-21-7-5-6-8-26(21)30(31,32)33/h5-15,17,19,27,36H,4,16,18H2,1-3H3,(H,34,37). The number of aliphatic hydroxyl groups excluding tert-OH is 1. The average Bonchev–Trinajstić information content (AvgIpc) is 3.28. The predicted octanol–water partition coefficient (Wildman–Crippen LogP) is 6.09. The van der Waals surface area contributed by atoms with Crippen LogP contribution in [0.5, 0.6) is 0 Å². The molecule has 4 aromatic rings. The summed E-state index contributed by atoms with van der Waals surface area (Å²) in [6, 6.07) is 17.6. The summed E-state index contributed by atoms with van der Waals surface area (Å²) in [5, 5.41) is 13.4. The van der Waals surface area contributed by atoms with Crippen LogP contribution in [-0.4, -0.2) is 36.4 Å². The number of carbonyl (C=O) groups is 1. The number of sulfone groups is 1. The Kier molecular flexibility index (Phi) is 8.41. The summed E-state index contributed by atoms with van der Waals surface area (Å²) in [5.41, 5.74) is 1.84. The molecule has 2 N–H and O–H groups in total.